The Hall–Kier alpha value is -3.92. The van der Waals surface area contributed by atoms with Crippen molar-refractivity contribution in [1.29, 1.82) is 0 Å². The summed E-state index contributed by atoms with van der Waals surface area (Å²) in [6.45, 7) is 13.5. The molecule has 0 unspecified atom stereocenters. The molecule has 0 aliphatic carbocycles. The molecule has 0 aliphatic heterocycles. The number of benzene rings is 3. The molecule has 0 bridgehead atoms. The smallest absolute Gasteiger partial charge is 0.0964 e. The third-order valence-corrected chi connectivity index (χ3v) is 6.57. The monoisotopic (exact) mass is 474 g/mol. The Bertz CT molecular complexity index is 1370. The third-order valence-electron chi connectivity index (χ3n) is 6.57. The van der Waals surface area contributed by atoms with Crippen molar-refractivity contribution in [2.75, 3.05) is 0 Å². The van der Waals surface area contributed by atoms with Gasteiger partial charge in [-0.2, -0.15) is 10.2 Å². The molecule has 3 aromatic carbocycles. The highest BCUT2D eigenvalue weighted by molar-refractivity contribution is 5.81. The number of H-pyrrole nitrogens is 2. The molecule has 4 heteroatoms. The molecule has 2 N–H and O–H groups in total. The topological polar surface area (TPSA) is 57.4 Å². The third kappa shape index (κ3) is 4.39. The zero-order valence-corrected chi connectivity index (χ0v) is 22.0. The summed E-state index contributed by atoms with van der Waals surface area (Å²) < 4.78 is 0. The van der Waals surface area contributed by atoms with Gasteiger partial charge in [-0.3, -0.25) is 10.2 Å². The molecule has 0 atom stereocenters. The van der Waals surface area contributed by atoms with Crippen molar-refractivity contribution in [3.05, 3.63) is 96.1 Å². The van der Waals surface area contributed by atoms with E-state index in [1.165, 1.54) is 11.1 Å². The number of nitrogens with zero attached hydrogens (tertiary/aromatic N) is 2. The summed E-state index contributed by atoms with van der Waals surface area (Å²) in [4.78, 5) is 0. The fraction of sp³-hybridized carbons (Fsp3) is 0.250. The lowest BCUT2D eigenvalue weighted by Crippen LogP contribution is -2.13. The van der Waals surface area contributed by atoms with Crippen molar-refractivity contribution < 1.29 is 0 Å². The van der Waals surface area contributed by atoms with Crippen LogP contribution in [0.3, 0.4) is 0 Å². The molecule has 0 radical (unpaired) electrons. The van der Waals surface area contributed by atoms with Crippen molar-refractivity contribution in [3.8, 4) is 45.0 Å². The van der Waals surface area contributed by atoms with E-state index in [0.29, 0.717) is 0 Å². The first kappa shape index (κ1) is 23.8. The van der Waals surface area contributed by atoms with Gasteiger partial charge in [-0.15, -0.1) is 0 Å². The lowest BCUT2D eigenvalue weighted by atomic mass is 9.81. The molecule has 5 rings (SSSR count). The van der Waals surface area contributed by atoms with E-state index in [2.05, 4.69) is 125 Å². The summed E-state index contributed by atoms with van der Waals surface area (Å²) in [5, 5.41) is 16.4. The molecule has 0 fully saturated rings. The van der Waals surface area contributed by atoms with E-state index < -0.39 is 0 Å². The summed E-state index contributed by atoms with van der Waals surface area (Å²) >= 11 is 0. The highest BCUT2D eigenvalue weighted by atomic mass is 15.1. The first-order valence-corrected chi connectivity index (χ1v) is 12.5. The second-order valence-corrected chi connectivity index (χ2v) is 11.5. The Labute approximate surface area is 213 Å². The van der Waals surface area contributed by atoms with Crippen LogP contribution in [0, 0.1) is 0 Å². The number of aromatic nitrogens is 4. The Morgan fingerprint density at radius 2 is 0.833 bits per heavy atom. The summed E-state index contributed by atoms with van der Waals surface area (Å²) in [5.74, 6) is 0. The van der Waals surface area contributed by atoms with E-state index in [-0.39, 0.29) is 10.8 Å². The normalized spacial score (nSPS) is 12.2. The minimum Gasteiger partial charge on any atom is -0.277 e. The Kier molecular flexibility index (Phi) is 5.91. The van der Waals surface area contributed by atoms with Crippen LogP contribution in [0.4, 0.5) is 0 Å². The van der Waals surface area contributed by atoms with Crippen LogP contribution in [0.1, 0.15) is 52.7 Å². The molecule has 0 aliphatic rings. The maximum Gasteiger partial charge on any atom is 0.0964 e. The van der Waals surface area contributed by atoms with Gasteiger partial charge in [0.25, 0.3) is 0 Å². The number of rotatable bonds is 4. The van der Waals surface area contributed by atoms with Crippen LogP contribution in [0.5, 0.6) is 0 Å². The second kappa shape index (κ2) is 8.94. The largest absolute Gasteiger partial charge is 0.277 e. The molecule has 5 aromatic rings. The molecule has 0 saturated heterocycles. The fourth-order valence-corrected chi connectivity index (χ4v) is 5.00. The van der Waals surface area contributed by atoms with Crippen LogP contribution < -0.4 is 0 Å². The molecular formula is C32H34N4. The molecule has 4 nitrogen and oxygen atoms in total. The summed E-state index contributed by atoms with van der Waals surface area (Å²) in [6.07, 6.45) is 0. The van der Waals surface area contributed by atoms with Crippen LogP contribution in [0.15, 0.2) is 84.9 Å². The zero-order chi connectivity index (χ0) is 25.5. The maximum absolute atomic E-state index is 4.83. The summed E-state index contributed by atoms with van der Waals surface area (Å²) in [6, 6.07) is 29.5. The van der Waals surface area contributed by atoms with Gasteiger partial charge in [0.2, 0.25) is 0 Å². The van der Waals surface area contributed by atoms with Gasteiger partial charge < -0.3 is 0 Å². The van der Waals surface area contributed by atoms with Gasteiger partial charge in [-0.1, -0.05) is 120 Å². The van der Waals surface area contributed by atoms with E-state index in [1.807, 2.05) is 12.1 Å². The van der Waals surface area contributed by atoms with Crippen LogP contribution >= 0.6 is 0 Å². The van der Waals surface area contributed by atoms with Gasteiger partial charge in [0.05, 0.1) is 22.8 Å². The van der Waals surface area contributed by atoms with Gasteiger partial charge in [0, 0.05) is 22.3 Å². The minimum absolute atomic E-state index is 0.0904. The standard InChI is InChI=1S/C32H34N4/c1-31(2,3)25-27(21-14-9-7-10-15-21)33-35-29(25)23-18-13-19-24(20-23)30-26(32(4,5)6)28(34-36-30)22-16-11-8-12-17-22/h7-20H,1-6H3,(H,33,35)(H,34,36). The lowest BCUT2D eigenvalue weighted by molar-refractivity contribution is 0.594. The molecule has 182 valence electrons. The average Bonchev–Trinajstić information content (AvgIpc) is 3.51. The van der Waals surface area contributed by atoms with Gasteiger partial charge >= 0.3 is 0 Å². The first-order chi connectivity index (χ1) is 17.1. The highest BCUT2D eigenvalue weighted by Gasteiger charge is 2.29. The highest BCUT2D eigenvalue weighted by Crippen LogP contribution is 2.42. The molecule has 2 aromatic heterocycles. The number of hydrogen-bond donors (Lipinski definition) is 2. The minimum atomic E-state index is -0.0904. The molecule has 0 spiro atoms. The average molecular weight is 475 g/mol. The van der Waals surface area contributed by atoms with Crippen LogP contribution in [-0.4, -0.2) is 20.4 Å². The number of hydrogen-bond acceptors (Lipinski definition) is 2. The van der Waals surface area contributed by atoms with E-state index >= 15 is 0 Å². The van der Waals surface area contributed by atoms with Crippen LogP contribution in [0.25, 0.3) is 45.0 Å². The van der Waals surface area contributed by atoms with Gasteiger partial charge in [-0.25, -0.2) is 0 Å². The molecule has 0 amide bonds. The van der Waals surface area contributed by atoms with Crippen LogP contribution in [0.2, 0.25) is 0 Å². The quantitative estimate of drug-likeness (QED) is 0.275. The fourth-order valence-electron chi connectivity index (χ4n) is 5.00. The maximum atomic E-state index is 4.83. The SMILES string of the molecule is CC(C)(C)c1c(-c2cccc(-c3n[nH]c(-c4ccccc4)c3C(C)(C)C)c2)n[nH]c1-c1ccccc1. The number of aromatic amines is 2. The van der Waals surface area contributed by atoms with Crippen molar-refractivity contribution in [1.82, 2.24) is 20.4 Å². The molecular weight excluding hydrogens is 440 g/mol. The summed E-state index contributed by atoms with van der Waals surface area (Å²) in [7, 11) is 0. The van der Waals surface area contributed by atoms with Gasteiger partial charge in [-0.05, 0) is 28.0 Å². The van der Waals surface area contributed by atoms with Crippen molar-refractivity contribution in [2.24, 2.45) is 0 Å². The Balaban J connectivity index is 1.66. The van der Waals surface area contributed by atoms with E-state index in [0.717, 1.165) is 45.0 Å². The Morgan fingerprint density at radius 1 is 0.472 bits per heavy atom. The van der Waals surface area contributed by atoms with Gasteiger partial charge in [0.1, 0.15) is 0 Å². The second-order valence-electron chi connectivity index (χ2n) is 11.5. The van der Waals surface area contributed by atoms with Crippen LogP contribution in [-0.2, 0) is 10.8 Å². The van der Waals surface area contributed by atoms with E-state index in [4.69, 9.17) is 10.2 Å². The lowest BCUT2D eigenvalue weighted by Gasteiger charge is -2.22. The van der Waals surface area contributed by atoms with Crippen molar-refractivity contribution in [3.63, 3.8) is 0 Å². The molecule has 36 heavy (non-hydrogen) atoms. The van der Waals surface area contributed by atoms with Crippen molar-refractivity contribution in [2.45, 2.75) is 52.4 Å². The Morgan fingerprint density at radius 3 is 1.19 bits per heavy atom. The zero-order valence-electron chi connectivity index (χ0n) is 22.0. The molecule has 0 saturated carbocycles. The molecule has 2 heterocycles. The van der Waals surface area contributed by atoms with E-state index in [1.54, 1.807) is 0 Å². The summed E-state index contributed by atoms with van der Waals surface area (Å²) in [5.41, 5.74) is 10.8. The van der Waals surface area contributed by atoms with E-state index in [9.17, 15) is 0 Å². The predicted molar refractivity (Wildman–Crippen MR) is 150 cm³/mol. The number of nitrogens with one attached hydrogen (secondary N) is 2. The predicted octanol–water partition coefficient (Wildman–Crippen LogP) is 8.40. The van der Waals surface area contributed by atoms with Gasteiger partial charge in [0.15, 0.2) is 0 Å². The first-order valence-electron chi connectivity index (χ1n) is 12.5. The van der Waals surface area contributed by atoms with Crippen molar-refractivity contribution >= 4 is 0 Å².